The van der Waals surface area contributed by atoms with E-state index in [-0.39, 0.29) is 11.8 Å². The van der Waals surface area contributed by atoms with Crippen molar-refractivity contribution in [1.29, 1.82) is 0 Å². The first-order valence-electron chi connectivity index (χ1n) is 12.0. The summed E-state index contributed by atoms with van der Waals surface area (Å²) in [5.74, 6) is 0.165. The Bertz CT molecular complexity index is 1660. The highest BCUT2D eigenvalue weighted by atomic mass is 19.4. The molecule has 1 N–H and O–H groups in total. The maximum absolute atomic E-state index is 12.7. The predicted molar refractivity (Wildman–Crippen MR) is 137 cm³/mol. The molecule has 0 saturated heterocycles. The lowest BCUT2D eigenvalue weighted by molar-refractivity contribution is -0.274. The lowest BCUT2D eigenvalue weighted by Crippen LogP contribution is -2.17. The van der Waals surface area contributed by atoms with E-state index in [1.807, 2.05) is 53.1 Å². The molecule has 0 radical (unpaired) electrons. The summed E-state index contributed by atoms with van der Waals surface area (Å²) in [5.41, 5.74) is 5.07. The Hall–Kier alpha value is -4.60. The van der Waals surface area contributed by atoms with Crippen molar-refractivity contribution in [2.45, 2.75) is 25.2 Å². The molecule has 38 heavy (non-hydrogen) atoms. The zero-order chi connectivity index (χ0) is 26.3. The van der Waals surface area contributed by atoms with Crippen molar-refractivity contribution in [3.05, 3.63) is 84.4 Å². The van der Waals surface area contributed by atoms with Crippen LogP contribution in [-0.4, -0.2) is 34.0 Å². The van der Waals surface area contributed by atoms with Crippen LogP contribution in [0, 0.1) is 0 Å². The van der Waals surface area contributed by atoms with E-state index in [2.05, 4.69) is 15.0 Å². The summed E-state index contributed by atoms with van der Waals surface area (Å²) in [6, 6.07) is 21.2. The average Bonchev–Trinajstić information content (AvgIpc) is 3.72. The van der Waals surface area contributed by atoms with Crippen molar-refractivity contribution in [1.82, 2.24) is 14.5 Å². The molecule has 2 aliphatic carbocycles. The number of hydrogen-bond donors (Lipinski definition) is 1. The molecule has 1 aromatic heterocycles. The van der Waals surface area contributed by atoms with Gasteiger partial charge in [0.15, 0.2) is 0 Å². The number of para-hydroxylation sites is 2. The van der Waals surface area contributed by atoms with Crippen LogP contribution < -0.4 is 20.1 Å². The van der Waals surface area contributed by atoms with Gasteiger partial charge in [0.1, 0.15) is 11.4 Å². The monoisotopic (exact) mass is 517 g/mol. The molecule has 3 aromatic rings. The zero-order valence-electron chi connectivity index (χ0n) is 20.2. The van der Waals surface area contributed by atoms with E-state index < -0.39 is 6.36 Å². The molecule has 7 nitrogen and oxygen atoms in total. The van der Waals surface area contributed by atoms with Crippen LogP contribution in [0.5, 0.6) is 11.6 Å². The molecule has 1 saturated carbocycles. The van der Waals surface area contributed by atoms with Gasteiger partial charge in [-0.3, -0.25) is 4.99 Å². The van der Waals surface area contributed by atoms with Crippen LogP contribution in [0.25, 0.3) is 28.1 Å². The largest absolute Gasteiger partial charge is 0.573 e. The van der Waals surface area contributed by atoms with Gasteiger partial charge in [-0.2, -0.15) is 0 Å². The van der Waals surface area contributed by atoms with Crippen LogP contribution in [0.15, 0.2) is 84.0 Å². The second-order valence-corrected chi connectivity index (χ2v) is 8.88. The molecule has 1 fully saturated rings. The second-order valence-electron chi connectivity index (χ2n) is 8.88. The quantitative estimate of drug-likeness (QED) is 0.270. The molecule has 0 bridgehead atoms. The van der Waals surface area contributed by atoms with Gasteiger partial charge in [0.25, 0.3) is 0 Å². The minimum absolute atomic E-state index is 0.240. The van der Waals surface area contributed by atoms with Crippen LogP contribution in [0.1, 0.15) is 12.8 Å². The summed E-state index contributed by atoms with van der Waals surface area (Å²) in [6.07, 6.45) is -1.07. The van der Waals surface area contributed by atoms with E-state index >= 15 is 0 Å². The topological polar surface area (TPSA) is 73.6 Å². The fourth-order valence-electron chi connectivity index (χ4n) is 4.32. The normalized spacial score (nSPS) is 14.2. The summed E-state index contributed by atoms with van der Waals surface area (Å²) in [6.45, 7) is 0. The molecule has 6 rings (SSSR count). The summed E-state index contributed by atoms with van der Waals surface area (Å²) in [4.78, 5) is 14.1. The lowest BCUT2D eigenvalue weighted by atomic mass is 10.1. The van der Waals surface area contributed by atoms with E-state index in [0.29, 0.717) is 22.9 Å². The van der Waals surface area contributed by atoms with Crippen molar-refractivity contribution < 1.29 is 22.6 Å². The molecule has 2 heterocycles. The number of methoxy groups -OCH3 is 1. The first kappa shape index (κ1) is 23.8. The molecule has 0 atom stereocenters. The summed E-state index contributed by atoms with van der Waals surface area (Å²) in [7, 11) is 1.56. The van der Waals surface area contributed by atoms with Crippen molar-refractivity contribution in [3.63, 3.8) is 0 Å². The first-order valence-corrected chi connectivity index (χ1v) is 12.0. The van der Waals surface area contributed by atoms with E-state index in [1.54, 1.807) is 25.4 Å². The Kier molecular flexibility index (Phi) is 5.86. The van der Waals surface area contributed by atoms with E-state index in [1.165, 1.54) is 12.1 Å². The molecule has 2 aromatic carbocycles. The summed E-state index contributed by atoms with van der Waals surface area (Å²) < 4.78 is 49.6. The highest BCUT2D eigenvalue weighted by Gasteiger charge is 2.31. The molecule has 10 heteroatoms. The predicted octanol–water partition coefficient (Wildman–Crippen LogP) is 6.24. The average molecular weight is 518 g/mol. The van der Waals surface area contributed by atoms with Gasteiger partial charge in [0, 0.05) is 11.9 Å². The number of benzene rings is 3. The van der Waals surface area contributed by atoms with Crippen LogP contribution in [0.4, 0.5) is 24.5 Å². The third kappa shape index (κ3) is 4.84. The highest BCUT2D eigenvalue weighted by molar-refractivity contribution is 5.84. The number of hydrogen-bond acceptors (Lipinski definition) is 6. The molecule has 3 aliphatic rings. The van der Waals surface area contributed by atoms with Crippen molar-refractivity contribution in [2.75, 3.05) is 12.4 Å². The molecule has 0 spiro atoms. The Morgan fingerprint density at radius 1 is 0.974 bits per heavy atom. The number of pyridine rings is 1. The number of aromatic nitrogens is 3. The number of rotatable bonds is 6. The third-order valence-electron chi connectivity index (χ3n) is 6.13. The van der Waals surface area contributed by atoms with E-state index in [9.17, 15) is 13.2 Å². The van der Waals surface area contributed by atoms with Gasteiger partial charge in [0.05, 0.1) is 46.6 Å². The highest BCUT2D eigenvalue weighted by Crippen LogP contribution is 2.33. The first-order chi connectivity index (χ1) is 18.4. The number of nitrogens with one attached hydrogen (secondary N) is 1. The Labute approximate surface area is 215 Å². The minimum atomic E-state index is -4.76. The van der Waals surface area contributed by atoms with Crippen LogP contribution in [0.3, 0.4) is 0 Å². The van der Waals surface area contributed by atoms with E-state index in [0.717, 1.165) is 40.6 Å². The maximum Gasteiger partial charge on any atom is 0.573 e. The van der Waals surface area contributed by atoms with Crippen LogP contribution >= 0.6 is 0 Å². The maximum atomic E-state index is 12.7. The number of halogens is 3. The van der Waals surface area contributed by atoms with Crippen LogP contribution in [0.2, 0.25) is 0 Å². The number of fused-ring (bicyclic) bond motifs is 2. The summed E-state index contributed by atoms with van der Waals surface area (Å²) >= 11 is 0. The van der Waals surface area contributed by atoms with Gasteiger partial charge in [-0.25, -0.2) is 9.97 Å². The van der Waals surface area contributed by atoms with Crippen molar-refractivity contribution in [2.24, 2.45) is 4.99 Å². The van der Waals surface area contributed by atoms with Crippen LogP contribution in [-0.2, 0) is 0 Å². The molecule has 192 valence electrons. The molecular weight excluding hydrogens is 495 g/mol. The standard InChI is InChI=1S/C28H22F3N5O2/c1-37-27-21(6-4-14-32-27)35-22-15-24-26(16-23(22)33-17-8-9-17)36(25-7-3-2-5-20(25)34-24)18-10-12-19(13-11-18)38-28(29,30)31/h2-7,10-17,35H,8-9H2,1H3/b33-23+. The number of nitrogens with zero attached hydrogens (tertiary/aromatic N) is 4. The Morgan fingerprint density at radius 2 is 1.76 bits per heavy atom. The molecular formula is C28H22F3N5O2. The molecule has 0 unspecified atom stereocenters. The Balaban J connectivity index is 1.55. The fourth-order valence-corrected chi connectivity index (χ4v) is 4.32. The summed E-state index contributed by atoms with van der Waals surface area (Å²) in [5, 5.41) is 4.14. The number of alkyl halides is 3. The second kappa shape index (κ2) is 9.37. The van der Waals surface area contributed by atoms with Gasteiger partial charge < -0.3 is 19.4 Å². The SMILES string of the molecule is COc1ncccc1Nc1cc2nc3ccccc3n(-c3ccc(OC(F)(F)F)cc3)c-2c/c1=N\C1CC1. The smallest absolute Gasteiger partial charge is 0.480 e. The van der Waals surface area contributed by atoms with Crippen molar-refractivity contribution >= 4 is 22.4 Å². The van der Waals surface area contributed by atoms with Gasteiger partial charge >= 0.3 is 6.36 Å². The van der Waals surface area contributed by atoms with Crippen molar-refractivity contribution in [3.8, 4) is 28.7 Å². The van der Waals surface area contributed by atoms with Gasteiger partial charge in [-0.1, -0.05) is 12.1 Å². The third-order valence-corrected chi connectivity index (χ3v) is 6.13. The van der Waals surface area contributed by atoms with E-state index in [4.69, 9.17) is 14.7 Å². The molecule has 0 amide bonds. The fraction of sp³-hybridized carbons (Fsp3) is 0.179. The zero-order valence-corrected chi connectivity index (χ0v) is 20.2. The van der Waals surface area contributed by atoms with Gasteiger partial charge in [0.2, 0.25) is 5.88 Å². The number of ether oxygens (including phenoxy) is 2. The lowest BCUT2D eigenvalue weighted by Gasteiger charge is -2.21. The van der Waals surface area contributed by atoms with Gasteiger partial charge in [-0.05, 0) is 73.5 Å². The minimum Gasteiger partial charge on any atom is -0.480 e. The molecule has 1 aliphatic heterocycles. The Morgan fingerprint density at radius 3 is 2.50 bits per heavy atom. The number of anilines is 2. The van der Waals surface area contributed by atoms with Gasteiger partial charge in [-0.15, -0.1) is 13.2 Å².